The van der Waals surface area contributed by atoms with Crippen LogP contribution >= 0.6 is 0 Å². The fourth-order valence-corrected chi connectivity index (χ4v) is 5.25. The number of ether oxygens (including phenoxy) is 3. The van der Waals surface area contributed by atoms with E-state index in [1.807, 2.05) is 13.8 Å². The first kappa shape index (κ1) is 54.9. The molecule has 7 nitrogen and oxygen atoms in total. The van der Waals surface area contributed by atoms with Crippen molar-refractivity contribution in [3.05, 3.63) is 0 Å². The number of nitrogens with one attached hydrogen (secondary N) is 1. The third-order valence-corrected chi connectivity index (χ3v) is 7.89. The lowest BCUT2D eigenvalue weighted by molar-refractivity contribution is 0.0179. The molecule has 1 amide bonds. The number of amides is 1. The third kappa shape index (κ3) is 59.6. The molecule has 0 radical (unpaired) electrons. The first-order chi connectivity index (χ1) is 23.9. The summed E-state index contributed by atoms with van der Waals surface area (Å²) < 4.78 is 17.3. The number of carbonyl (C=O) groups excluding carboxylic acids is 1. The summed E-state index contributed by atoms with van der Waals surface area (Å²) in [4.78, 5) is 11.9. The predicted octanol–water partition coefficient (Wildman–Crippen LogP) is 12.3. The Kier molecular flexibility index (Phi) is 60.4. The van der Waals surface area contributed by atoms with Gasteiger partial charge in [0.15, 0.2) is 0 Å². The second kappa shape index (κ2) is 53.9. The number of carbonyl (C=O) groups is 1. The lowest BCUT2D eigenvalue weighted by Gasteiger charge is -2.19. The molecule has 0 saturated heterocycles. The molecule has 0 aliphatic rings. The first-order valence-electron chi connectivity index (χ1n) is 21.1. The molecule has 300 valence electrons. The highest BCUT2D eigenvalue weighted by atomic mass is 16.6. The van der Waals surface area contributed by atoms with Crippen LogP contribution in [0.3, 0.4) is 0 Å². The molecule has 0 aromatic carbocycles. The highest BCUT2D eigenvalue weighted by Crippen LogP contribution is 2.13. The zero-order chi connectivity index (χ0) is 37.5. The number of rotatable bonds is 33. The van der Waals surface area contributed by atoms with Crippen molar-refractivity contribution in [2.45, 2.75) is 228 Å². The molecule has 0 aromatic rings. The van der Waals surface area contributed by atoms with Gasteiger partial charge >= 0.3 is 6.09 Å². The van der Waals surface area contributed by atoms with Gasteiger partial charge in [-0.2, -0.15) is 0 Å². The average Bonchev–Trinajstić information content (AvgIpc) is 3.08. The minimum atomic E-state index is -0.364. The number of aliphatic hydroxyl groups excluding tert-OH is 2. The summed E-state index contributed by atoms with van der Waals surface area (Å²) in [6.07, 6.45) is 33.9. The maximum absolute atomic E-state index is 11.9. The number of hydrogen-bond acceptors (Lipinski definition) is 6. The summed E-state index contributed by atoms with van der Waals surface area (Å²) >= 11 is 0. The zero-order valence-corrected chi connectivity index (χ0v) is 34.6. The van der Waals surface area contributed by atoms with Crippen molar-refractivity contribution in [1.29, 1.82) is 0 Å². The molecule has 3 N–H and O–H groups in total. The van der Waals surface area contributed by atoms with E-state index in [1.54, 1.807) is 6.92 Å². The summed E-state index contributed by atoms with van der Waals surface area (Å²) in [6.45, 7) is 17.2. The van der Waals surface area contributed by atoms with Gasteiger partial charge in [-0.25, -0.2) is 4.79 Å². The van der Waals surface area contributed by atoms with Crippen molar-refractivity contribution in [3.63, 3.8) is 0 Å². The van der Waals surface area contributed by atoms with Crippen molar-refractivity contribution in [3.8, 4) is 0 Å². The van der Waals surface area contributed by atoms with E-state index < -0.39 is 0 Å². The van der Waals surface area contributed by atoms with Gasteiger partial charge in [0.1, 0.15) is 0 Å². The van der Waals surface area contributed by atoms with Gasteiger partial charge in [-0.3, -0.25) is 0 Å². The van der Waals surface area contributed by atoms with E-state index in [1.165, 1.54) is 148 Å². The van der Waals surface area contributed by atoms with Gasteiger partial charge in [0.25, 0.3) is 0 Å². The standard InChI is InChI=1S/C36H73NO4.C3H8.C2H6O.CH4O/c1-5-7-9-11-13-15-17-19-21-23-25-27-30-39-32-29-35(33-37-36(38)41-34(3)4)40-31-28-26-24-22-20-18-16-14-12-10-8-6-2;1-3-2;1-2-3;1-2/h34-35H,5-33H2,1-4H3,(H,37,38);3H2,1-2H3;3H,2H2,1H3;2H,1H3. The van der Waals surface area contributed by atoms with E-state index in [-0.39, 0.29) is 24.9 Å². The quantitative estimate of drug-likeness (QED) is 0.0588. The maximum Gasteiger partial charge on any atom is 0.407 e. The topological polar surface area (TPSA) is 97.3 Å². The van der Waals surface area contributed by atoms with Crippen LogP contribution in [0.4, 0.5) is 4.79 Å². The maximum atomic E-state index is 11.9. The van der Waals surface area contributed by atoms with E-state index >= 15 is 0 Å². The summed E-state index contributed by atoms with van der Waals surface area (Å²) in [7, 11) is 1.00. The van der Waals surface area contributed by atoms with Crippen LogP contribution in [0.15, 0.2) is 0 Å². The SMILES string of the molecule is CCC.CCCCCCCCCCCCCCOCCC(CNC(=O)OC(C)C)OCCCCCCCCCCCCCC.CCO.CO. The third-order valence-electron chi connectivity index (χ3n) is 7.89. The molecule has 0 fully saturated rings. The predicted molar refractivity (Wildman–Crippen MR) is 214 cm³/mol. The molecule has 0 bridgehead atoms. The van der Waals surface area contributed by atoms with Crippen LogP contribution in [0.2, 0.25) is 0 Å². The van der Waals surface area contributed by atoms with Crippen LogP contribution in [0.5, 0.6) is 0 Å². The molecule has 1 unspecified atom stereocenters. The Hall–Kier alpha value is -0.890. The summed E-state index contributed by atoms with van der Waals surface area (Å²) in [5.74, 6) is 0. The smallest absolute Gasteiger partial charge is 0.407 e. The molecular formula is C42H91NO6. The zero-order valence-electron chi connectivity index (χ0n) is 34.6. The van der Waals surface area contributed by atoms with E-state index in [0.29, 0.717) is 13.2 Å². The van der Waals surface area contributed by atoms with Crippen LogP contribution in [0.1, 0.15) is 215 Å². The van der Waals surface area contributed by atoms with Crippen LogP contribution < -0.4 is 5.32 Å². The molecule has 0 heterocycles. The van der Waals surface area contributed by atoms with Crippen molar-refractivity contribution < 1.29 is 29.2 Å². The van der Waals surface area contributed by atoms with Gasteiger partial charge in [-0.05, 0) is 40.0 Å². The summed E-state index contributed by atoms with van der Waals surface area (Å²) in [5.41, 5.74) is 0. The monoisotopic (exact) mass is 706 g/mol. The number of aliphatic hydroxyl groups is 2. The van der Waals surface area contributed by atoms with E-state index in [9.17, 15) is 4.79 Å². The van der Waals surface area contributed by atoms with Gasteiger partial charge in [-0.15, -0.1) is 0 Å². The molecule has 0 aliphatic heterocycles. The largest absolute Gasteiger partial charge is 0.447 e. The molecule has 1 atom stereocenters. The summed E-state index contributed by atoms with van der Waals surface area (Å²) in [6, 6.07) is 0. The fraction of sp³-hybridized carbons (Fsp3) is 0.976. The number of alkyl carbamates (subject to hydrolysis) is 1. The second-order valence-electron chi connectivity index (χ2n) is 13.5. The molecule has 0 aromatic heterocycles. The second-order valence-corrected chi connectivity index (χ2v) is 13.5. The minimum Gasteiger partial charge on any atom is -0.447 e. The van der Waals surface area contributed by atoms with Crippen molar-refractivity contribution in [2.24, 2.45) is 0 Å². The van der Waals surface area contributed by atoms with Crippen LogP contribution in [-0.2, 0) is 14.2 Å². The highest BCUT2D eigenvalue weighted by Gasteiger charge is 2.13. The van der Waals surface area contributed by atoms with Gasteiger partial charge in [0, 0.05) is 40.1 Å². The van der Waals surface area contributed by atoms with Crippen molar-refractivity contribution >= 4 is 6.09 Å². The van der Waals surface area contributed by atoms with Crippen LogP contribution in [-0.4, -0.2) is 68.6 Å². The Morgan fingerprint density at radius 2 is 0.878 bits per heavy atom. The van der Waals surface area contributed by atoms with Crippen molar-refractivity contribution in [1.82, 2.24) is 5.32 Å². The minimum absolute atomic E-state index is 0.0237. The van der Waals surface area contributed by atoms with Gasteiger partial charge in [-0.1, -0.05) is 175 Å². The lowest BCUT2D eigenvalue weighted by Crippen LogP contribution is -2.36. The average molecular weight is 706 g/mol. The first-order valence-corrected chi connectivity index (χ1v) is 21.1. The van der Waals surface area contributed by atoms with E-state index in [0.717, 1.165) is 39.6 Å². The Morgan fingerprint density at radius 1 is 0.551 bits per heavy atom. The molecular weight excluding hydrogens is 614 g/mol. The van der Waals surface area contributed by atoms with Gasteiger partial charge in [0.2, 0.25) is 0 Å². The molecule has 0 spiro atoms. The van der Waals surface area contributed by atoms with Crippen LogP contribution in [0, 0.1) is 0 Å². The highest BCUT2D eigenvalue weighted by molar-refractivity contribution is 5.67. The number of hydrogen-bond donors (Lipinski definition) is 3. The Bertz CT molecular complexity index is 547. The van der Waals surface area contributed by atoms with Crippen molar-refractivity contribution in [2.75, 3.05) is 40.1 Å². The molecule has 0 saturated carbocycles. The van der Waals surface area contributed by atoms with Crippen LogP contribution in [0.25, 0.3) is 0 Å². The molecule has 49 heavy (non-hydrogen) atoms. The van der Waals surface area contributed by atoms with Gasteiger partial charge < -0.3 is 29.7 Å². The Balaban J connectivity index is -0.00000115. The lowest BCUT2D eigenvalue weighted by atomic mass is 10.1. The Labute approximate surface area is 307 Å². The number of unbranched alkanes of at least 4 members (excludes halogenated alkanes) is 22. The molecule has 0 aliphatic carbocycles. The molecule has 7 heteroatoms. The normalized spacial score (nSPS) is 11.1. The van der Waals surface area contributed by atoms with Gasteiger partial charge in [0.05, 0.1) is 12.2 Å². The van der Waals surface area contributed by atoms with E-state index in [4.69, 9.17) is 24.4 Å². The molecule has 0 rings (SSSR count). The fourth-order valence-electron chi connectivity index (χ4n) is 5.25. The van der Waals surface area contributed by atoms with E-state index in [2.05, 4.69) is 33.0 Å². The summed E-state index contributed by atoms with van der Waals surface area (Å²) in [5, 5.41) is 17.4. The Morgan fingerprint density at radius 3 is 1.22 bits per heavy atom.